The van der Waals surface area contributed by atoms with Gasteiger partial charge in [-0.25, -0.2) is 14.6 Å². The smallest absolute Gasteiger partial charge is 0.335 e. The van der Waals surface area contributed by atoms with E-state index in [1.165, 1.54) is 23.8 Å². The standard InChI is InChI=1S/C46H40N4O4/c1-24-7-9-28(10-8-24)41-33-12-11-32(47-33)22-39-46(5,6)23-38(50-39)42(29-19-30(44(51)52)21-31(20-29)45(53)54)35-14-16-37(49-35)43(36-15-13-34(41)48-36)40-26(3)17-25(2)18-27(40)4/h7-22,47,49H,23H2,1-6H3,(H,51,52)(H,53,54). The molecule has 3 aromatic heterocycles. The molecule has 0 unspecified atom stereocenters. The molecule has 0 saturated carbocycles. The van der Waals surface area contributed by atoms with Crippen molar-refractivity contribution >= 4 is 46.2 Å². The molecule has 54 heavy (non-hydrogen) atoms. The van der Waals surface area contributed by atoms with Crippen molar-refractivity contribution in [2.45, 2.75) is 53.4 Å². The number of carboxylic acid groups (broad SMARTS) is 2. The van der Waals surface area contributed by atoms with E-state index in [1.807, 2.05) is 12.1 Å². The third kappa shape index (κ3) is 6.09. The number of hydrogen-bond acceptors (Lipinski definition) is 4. The Morgan fingerprint density at radius 2 is 1.17 bits per heavy atom. The van der Waals surface area contributed by atoms with Crippen molar-refractivity contribution in [1.29, 1.82) is 0 Å². The number of H-pyrrole nitrogens is 2. The van der Waals surface area contributed by atoms with E-state index in [1.54, 1.807) is 0 Å². The van der Waals surface area contributed by atoms with Crippen molar-refractivity contribution in [3.05, 3.63) is 141 Å². The molecule has 8 nitrogen and oxygen atoms in total. The highest BCUT2D eigenvalue weighted by molar-refractivity contribution is 6.00. The average molecular weight is 713 g/mol. The fourth-order valence-electron chi connectivity index (χ4n) is 7.97. The first kappa shape index (κ1) is 34.5. The third-order valence-corrected chi connectivity index (χ3v) is 10.5. The second-order valence-electron chi connectivity index (χ2n) is 15.2. The van der Waals surface area contributed by atoms with Crippen molar-refractivity contribution in [1.82, 2.24) is 19.9 Å². The van der Waals surface area contributed by atoms with Crippen LogP contribution in [0.1, 0.15) is 79.6 Å². The van der Waals surface area contributed by atoms with Gasteiger partial charge >= 0.3 is 11.9 Å². The second-order valence-corrected chi connectivity index (χ2v) is 15.2. The Labute approximate surface area is 312 Å². The number of fused-ring (bicyclic) bond motifs is 8. The van der Waals surface area contributed by atoms with Crippen molar-refractivity contribution in [3.8, 4) is 33.4 Å². The maximum absolute atomic E-state index is 12.3. The molecule has 4 N–H and O–H groups in total. The van der Waals surface area contributed by atoms with Gasteiger partial charge in [-0.1, -0.05) is 61.4 Å². The van der Waals surface area contributed by atoms with Gasteiger partial charge in [0.1, 0.15) is 0 Å². The van der Waals surface area contributed by atoms with E-state index in [4.69, 9.17) is 9.97 Å². The molecule has 2 aliphatic rings. The Kier molecular flexibility index (Phi) is 8.22. The fraction of sp³-hybridized carbons (Fsp3) is 0.174. The summed E-state index contributed by atoms with van der Waals surface area (Å²) in [5.41, 5.74) is 15.5. The number of hydrogen-bond donors (Lipinski definition) is 4. The zero-order chi connectivity index (χ0) is 38.1. The molecule has 0 saturated heterocycles. The maximum atomic E-state index is 12.3. The molecule has 8 heteroatoms. The van der Waals surface area contributed by atoms with E-state index >= 15 is 0 Å². The fourth-order valence-corrected chi connectivity index (χ4v) is 7.97. The first-order valence-electron chi connectivity index (χ1n) is 18.0. The van der Waals surface area contributed by atoms with Crippen LogP contribution >= 0.6 is 0 Å². The number of aromatic carboxylic acids is 2. The summed E-state index contributed by atoms with van der Waals surface area (Å²) in [4.78, 5) is 42.6. The van der Waals surface area contributed by atoms with Gasteiger partial charge in [0.15, 0.2) is 0 Å². The monoisotopic (exact) mass is 712 g/mol. The Balaban J connectivity index is 1.58. The van der Waals surface area contributed by atoms with Gasteiger partial charge in [0.2, 0.25) is 0 Å². The number of rotatable bonds is 5. The summed E-state index contributed by atoms with van der Waals surface area (Å²) in [6.45, 7) is 12.7. The van der Waals surface area contributed by atoms with Crippen LogP contribution in [0.5, 0.6) is 0 Å². The van der Waals surface area contributed by atoms with Gasteiger partial charge < -0.3 is 20.2 Å². The first-order chi connectivity index (χ1) is 25.8. The Morgan fingerprint density at radius 3 is 1.80 bits per heavy atom. The molecular weight excluding hydrogens is 673 g/mol. The molecule has 6 aromatic rings. The van der Waals surface area contributed by atoms with Crippen molar-refractivity contribution in [2.24, 2.45) is 0 Å². The van der Waals surface area contributed by atoms with Gasteiger partial charge in [-0.15, -0.1) is 0 Å². The zero-order valence-electron chi connectivity index (χ0n) is 31.1. The molecule has 0 amide bonds. The van der Waals surface area contributed by atoms with Gasteiger partial charge in [-0.3, -0.25) is 4.98 Å². The third-order valence-electron chi connectivity index (χ3n) is 10.5. The summed E-state index contributed by atoms with van der Waals surface area (Å²) in [5, 5.41) is 20.1. The largest absolute Gasteiger partial charge is 0.478 e. The molecule has 5 heterocycles. The molecule has 3 aromatic carbocycles. The van der Waals surface area contributed by atoms with Gasteiger partial charge in [0, 0.05) is 56.3 Å². The predicted octanol–water partition coefficient (Wildman–Crippen LogP) is 10.6. The van der Waals surface area contributed by atoms with Crippen molar-refractivity contribution in [2.75, 3.05) is 0 Å². The lowest BCUT2D eigenvalue weighted by atomic mass is 9.85. The topological polar surface area (TPSA) is 132 Å². The van der Waals surface area contributed by atoms with Crippen LogP contribution in [0.25, 0.3) is 67.6 Å². The van der Waals surface area contributed by atoms with Crippen LogP contribution in [-0.4, -0.2) is 42.1 Å². The number of nitrogens with zero attached hydrogens (tertiary/aromatic N) is 2. The molecule has 0 fully saturated rings. The lowest BCUT2D eigenvalue weighted by Crippen LogP contribution is -2.15. The summed E-state index contributed by atoms with van der Waals surface area (Å²) < 4.78 is 0. The van der Waals surface area contributed by atoms with Crippen LogP contribution in [0.15, 0.2) is 84.9 Å². The first-order valence-corrected chi connectivity index (χ1v) is 18.0. The molecule has 8 rings (SSSR count). The SMILES string of the molecule is Cc1ccc(-c2c3nc(c(-c4c(C)cc(C)cc4C)c4ccc([nH]4)c(-c4cc(C(=O)O)cc(C(=O)O)c4)c4nc(cc5ccc2[nH]5)C(C)(C)C4)C=C3)cc1. The van der Waals surface area contributed by atoms with E-state index < -0.39 is 17.4 Å². The minimum atomic E-state index is -1.21. The van der Waals surface area contributed by atoms with Gasteiger partial charge in [-0.2, -0.15) is 0 Å². The molecule has 268 valence electrons. The normalized spacial score (nSPS) is 13.3. The summed E-state index contributed by atoms with van der Waals surface area (Å²) in [5.74, 6) is -2.42. The molecule has 2 aliphatic heterocycles. The minimum Gasteiger partial charge on any atom is -0.478 e. The van der Waals surface area contributed by atoms with Crippen molar-refractivity contribution < 1.29 is 19.8 Å². The predicted molar refractivity (Wildman–Crippen MR) is 216 cm³/mol. The van der Waals surface area contributed by atoms with E-state index in [9.17, 15) is 19.8 Å². The van der Waals surface area contributed by atoms with Crippen molar-refractivity contribution in [3.63, 3.8) is 0 Å². The number of benzene rings is 3. The van der Waals surface area contributed by atoms with E-state index in [2.05, 4.69) is 118 Å². The lowest BCUT2D eigenvalue weighted by Gasteiger charge is -2.16. The number of aryl methyl sites for hydroxylation is 4. The molecule has 0 atom stereocenters. The Morgan fingerprint density at radius 1 is 0.593 bits per heavy atom. The van der Waals surface area contributed by atoms with E-state index in [-0.39, 0.29) is 11.1 Å². The lowest BCUT2D eigenvalue weighted by molar-refractivity contribution is 0.0696. The van der Waals surface area contributed by atoms with Gasteiger partial charge in [-0.05, 0) is 116 Å². The molecular formula is C46H40N4O4. The number of carbonyl (C=O) groups is 2. The van der Waals surface area contributed by atoms with Crippen LogP contribution in [-0.2, 0) is 11.8 Å². The highest BCUT2D eigenvalue weighted by atomic mass is 16.4. The van der Waals surface area contributed by atoms with Crippen LogP contribution in [0.4, 0.5) is 0 Å². The van der Waals surface area contributed by atoms with Crippen LogP contribution < -0.4 is 0 Å². The number of carboxylic acids is 2. The molecule has 8 bridgehead atoms. The average Bonchev–Trinajstić information content (AvgIpc) is 3.93. The molecule has 0 spiro atoms. The number of aromatic nitrogens is 4. The number of aromatic amines is 2. The minimum absolute atomic E-state index is 0.115. The summed E-state index contributed by atoms with van der Waals surface area (Å²) in [7, 11) is 0. The van der Waals surface area contributed by atoms with Crippen LogP contribution in [0.3, 0.4) is 0 Å². The Hall–Kier alpha value is -6.54. The quantitative estimate of drug-likeness (QED) is 0.140. The van der Waals surface area contributed by atoms with Crippen LogP contribution in [0, 0.1) is 27.7 Å². The second kappa shape index (κ2) is 12.8. The molecule has 0 radical (unpaired) electrons. The van der Waals surface area contributed by atoms with Crippen LogP contribution in [0.2, 0.25) is 0 Å². The zero-order valence-corrected chi connectivity index (χ0v) is 31.1. The summed E-state index contributed by atoms with van der Waals surface area (Å²) >= 11 is 0. The highest BCUT2D eigenvalue weighted by Crippen LogP contribution is 2.41. The Bertz CT molecular complexity index is 2710. The highest BCUT2D eigenvalue weighted by Gasteiger charge is 2.31. The molecule has 0 aliphatic carbocycles. The van der Waals surface area contributed by atoms with E-state index in [0.717, 1.165) is 78.3 Å². The van der Waals surface area contributed by atoms with Gasteiger partial charge in [0.05, 0.1) is 28.2 Å². The maximum Gasteiger partial charge on any atom is 0.335 e. The summed E-state index contributed by atoms with van der Waals surface area (Å²) in [6, 6.07) is 27.3. The number of nitrogens with one attached hydrogen (secondary N) is 2. The van der Waals surface area contributed by atoms with Gasteiger partial charge in [0.25, 0.3) is 0 Å². The van der Waals surface area contributed by atoms with E-state index in [0.29, 0.717) is 23.1 Å². The summed E-state index contributed by atoms with van der Waals surface area (Å²) in [6.07, 6.45) is 4.68.